The van der Waals surface area contributed by atoms with Crippen molar-refractivity contribution < 1.29 is 19.8 Å². The highest BCUT2D eigenvalue weighted by Crippen LogP contribution is 2.21. The zero-order chi connectivity index (χ0) is 15.6. The van der Waals surface area contributed by atoms with Crippen LogP contribution in [0.1, 0.15) is 24.2 Å². The number of carbonyl (C=O) groups excluding carboxylic acids is 2. The van der Waals surface area contributed by atoms with Crippen LogP contribution in [0.25, 0.3) is 0 Å². The minimum Gasteiger partial charge on any atom is -0.388 e. The fraction of sp³-hybridized carbons (Fsp3) is 0.500. The molecule has 3 N–H and O–H groups in total. The van der Waals surface area contributed by atoms with Crippen LogP contribution >= 0.6 is 0 Å². The predicted octanol–water partition coefficient (Wildman–Crippen LogP) is -0.848. The van der Waals surface area contributed by atoms with Crippen LogP contribution in [0.2, 0.25) is 0 Å². The summed E-state index contributed by atoms with van der Waals surface area (Å²) in [4.78, 5) is 29.6. The molecule has 1 aliphatic rings. The van der Waals surface area contributed by atoms with Crippen LogP contribution in [-0.4, -0.2) is 62.7 Å². The van der Waals surface area contributed by atoms with E-state index in [1.807, 2.05) is 0 Å². The van der Waals surface area contributed by atoms with E-state index in [4.69, 9.17) is 0 Å². The summed E-state index contributed by atoms with van der Waals surface area (Å²) in [6.07, 6.45) is 0.474. The van der Waals surface area contributed by atoms with E-state index in [-0.39, 0.29) is 12.6 Å². The molecule has 0 saturated carbocycles. The molecule has 3 atom stereocenters. The van der Waals surface area contributed by atoms with Gasteiger partial charge in [0, 0.05) is 18.4 Å². The van der Waals surface area contributed by atoms with E-state index >= 15 is 0 Å². The van der Waals surface area contributed by atoms with Gasteiger partial charge in [0.15, 0.2) is 0 Å². The van der Waals surface area contributed by atoms with E-state index in [0.717, 1.165) is 0 Å². The Balaban J connectivity index is 2.24. The quantitative estimate of drug-likeness (QED) is 0.674. The summed E-state index contributed by atoms with van der Waals surface area (Å²) in [5.74, 6) is -0.922. The summed E-state index contributed by atoms with van der Waals surface area (Å²) in [5, 5.41) is 22.4. The van der Waals surface area contributed by atoms with Crippen LogP contribution in [0, 0.1) is 0 Å². The second-order valence-electron chi connectivity index (χ2n) is 5.37. The number of hydrogen-bond acceptors (Lipinski definition) is 5. The molecule has 1 aromatic rings. The third-order valence-corrected chi connectivity index (χ3v) is 3.31. The minimum atomic E-state index is -1.30. The molecule has 2 rings (SSSR count). The number of aromatic nitrogens is 1. The normalized spacial score (nSPS) is 25.2. The Bertz CT molecular complexity index is 520. The number of aliphatic hydroxyl groups excluding tert-OH is 2. The van der Waals surface area contributed by atoms with E-state index in [0.29, 0.717) is 5.56 Å². The zero-order valence-electron chi connectivity index (χ0n) is 11.9. The molecular weight excluding hydrogens is 274 g/mol. The second kappa shape index (κ2) is 6.19. The Morgan fingerprint density at radius 2 is 2.14 bits per heavy atom. The molecule has 21 heavy (non-hydrogen) atoms. The monoisotopic (exact) mass is 293 g/mol. The molecule has 0 bridgehead atoms. The Morgan fingerprint density at radius 1 is 1.43 bits per heavy atom. The number of rotatable bonds is 3. The van der Waals surface area contributed by atoms with E-state index in [2.05, 4.69) is 10.3 Å². The maximum atomic E-state index is 12.4. The Labute approximate surface area is 122 Å². The number of aliphatic hydroxyl groups is 2. The van der Waals surface area contributed by atoms with Crippen molar-refractivity contribution in [3.05, 3.63) is 30.1 Å². The van der Waals surface area contributed by atoms with Gasteiger partial charge in [0.05, 0.1) is 12.1 Å². The van der Waals surface area contributed by atoms with Crippen LogP contribution < -0.4 is 5.32 Å². The predicted molar refractivity (Wildman–Crippen MR) is 74.4 cm³/mol. The molecule has 2 amide bonds. The highest BCUT2D eigenvalue weighted by atomic mass is 16.3. The number of pyridine rings is 1. The van der Waals surface area contributed by atoms with Crippen molar-refractivity contribution in [3.63, 3.8) is 0 Å². The van der Waals surface area contributed by atoms with Gasteiger partial charge in [0.1, 0.15) is 18.2 Å². The molecule has 0 aromatic carbocycles. The maximum Gasteiger partial charge on any atom is 0.256 e. The first-order valence-electron chi connectivity index (χ1n) is 6.79. The fourth-order valence-corrected chi connectivity index (χ4v) is 2.35. The topological polar surface area (TPSA) is 103 Å². The molecule has 1 aromatic heterocycles. The van der Waals surface area contributed by atoms with Crippen LogP contribution in [-0.2, 0) is 4.79 Å². The number of carbonyl (C=O) groups is 2. The van der Waals surface area contributed by atoms with Gasteiger partial charge in [-0.15, -0.1) is 0 Å². The molecular formula is C14H19N3O4. The van der Waals surface area contributed by atoms with Gasteiger partial charge < -0.3 is 20.4 Å². The summed E-state index contributed by atoms with van der Waals surface area (Å²) in [5.41, 5.74) is 0.307. The van der Waals surface area contributed by atoms with Crippen LogP contribution in [0.5, 0.6) is 0 Å². The van der Waals surface area contributed by atoms with Gasteiger partial charge in [-0.2, -0.15) is 0 Å². The van der Waals surface area contributed by atoms with Gasteiger partial charge in [0.2, 0.25) is 5.91 Å². The molecule has 1 fully saturated rings. The zero-order valence-corrected chi connectivity index (χ0v) is 11.9. The van der Waals surface area contributed by atoms with Crippen LogP contribution in [0.3, 0.4) is 0 Å². The van der Waals surface area contributed by atoms with Crippen molar-refractivity contribution in [2.75, 3.05) is 6.54 Å². The lowest BCUT2D eigenvalue weighted by Gasteiger charge is -2.25. The molecule has 2 heterocycles. The van der Waals surface area contributed by atoms with Gasteiger partial charge >= 0.3 is 0 Å². The molecule has 0 aliphatic carbocycles. The first-order valence-corrected chi connectivity index (χ1v) is 6.79. The van der Waals surface area contributed by atoms with Gasteiger partial charge in [-0.3, -0.25) is 14.6 Å². The van der Waals surface area contributed by atoms with E-state index < -0.39 is 30.1 Å². The smallest absolute Gasteiger partial charge is 0.256 e. The second-order valence-corrected chi connectivity index (χ2v) is 5.37. The largest absolute Gasteiger partial charge is 0.388 e. The molecule has 0 spiro atoms. The van der Waals surface area contributed by atoms with E-state index in [1.165, 1.54) is 17.3 Å². The summed E-state index contributed by atoms with van der Waals surface area (Å²) in [6, 6.07) is 1.95. The molecule has 114 valence electrons. The van der Waals surface area contributed by atoms with Crippen LogP contribution in [0.15, 0.2) is 24.5 Å². The van der Waals surface area contributed by atoms with Crippen LogP contribution in [0.4, 0.5) is 0 Å². The third kappa shape index (κ3) is 3.20. The van der Waals surface area contributed by atoms with E-state index in [1.54, 1.807) is 26.0 Å². The summed E-state index contributed by atoms with van der Waals surface area (Å²) in [7, 11) is 0. The lowest BCUT2D eigenvalue weighted by Crippen LogP contribution is -2.52. The minimum absolute atomic E-state index is 0.0922. The number of likely N-dealkylation sites (tertiary alicyclic amines) is 1. The van der Waals surface area contributed by atoms with Crippen molar-refractivity contribution in [1.82, 2.24) is 15.2 Å². The Morgan fingerprint density at radius 3 is 2.71 bits per heavy atom. The number of nitrogens with one attached hydrogen (secondary N) is 1. The van der Waals surface area contributed by atoms with E-state index in [9.17, 15) is 19.8 Å². The van der Waals surface area contributed by atoms with Crippen molar-refractivity contribution >= 4 is 11.8 Å². The SMILES string of the molecule is CC(C)NC(=O)[C@@H]1[C@@H](O)[C@@H](O)CN1C(=O)c1cccnc1. The molecule has 7 heteroatoms. The number of hydrogen-bond donors (Lipinski definition) is 3. The molecule has 1 saturated heterocycles. The van der Waals surface area contributed by atoms with Crippen molar-refractivity contribution in [1.29, 1.82) is 0 Å². The number of β-amino-alcohol motifs (C(OH)–C–C–N with tert-alkyl or cyclic N) is 1. The first-order chi connectivity index (χ1) is 9.91. The summed E-state index contributed by atoms with van der Waals surface area (Å²) in [6.45, 7) is 3.47. The fourth-order valence-electron chi connectivity index (χ4n) is 2.35. The molecule has 7 nitrogen and oxygen atoms in total. The Hall–Kier alpha value is -1.99. The van der Waals surface area contributed by atoms with Crippen molar-refractivity contribution in [2.45, 2.75) is 38.1 Å². The van der Waals surface area contributed by atoms with Gasteiger partial charge in [-0.25, -0.2) is 0 Å². The standard InChI is InChI=1S/C14H19N3O4/c1-8(2)16-13(20)11-12(19)10(18)7-17(11)14(21)9-4-3-5-15-6-9/h3-6,8,10-12,18-19H,7H2,1-2H3,(H,16,20)/t10-,11-,12-/m0/s1. The van der Waals surface area contributed by atoms with Crippen molar-refractivity contribution in [3.8, 4) is 0 Å². The highest BCUT2D eigenvalue weighted by Gasteiger charge is 2.46. The van der Waals surface area contributed by atoms with Crippen molar-refractivity contribution in [2.24, 2.45) is 0 Å². The lowest BCUT2D eigenvalue weighted by molar-refractivity contribution is -0.128. The summed E-state index contributed by atoms with van der Waals surface area (Å²) < 4.78 is 0. The average Bonchev–Trinajstić information content (AvgIpc) is 2.74. The average molecular weight is 293 g/mol. The number of nitrogens with zero attached hydrogens (tertiary/aromatic N) is 2. The first kappa shape index (κ1) is 15.4. The van der Waals surface area contributed by atoms with Gasteiger partial charge in [-0.05, 0) is 26.0 Å². The molecule has 0 radical (unpaired) electrons. The molecule has 0 unspecified atom stereocenters. The lowest BCUT2D eigenvalue weighted by atomic mass is 10.1. The third-order valence-electron chi connectivity index (χ3n) is 3.31. The summed E-state index contributed by atoms with van der Waals surface area (Å²) >= 11 is 0. The maximum absolute atomic E-state index is 12.4. The van der Waals surface area contributed by atoms with Gasteiger partial charge in [-0.1, -0.05) is 0 Å². The highest BCUT2D eigenvalue weighted by molar-refractivity contribution is 5.98. The molecule has 1 aliphatic heterocycles. The number of amides is 2. The van der Waals surface area contributed by atoms with Gasteiger partial charge in [0.25, 0.3) is 5.91 Å². The Kier molecular flexibility index (Phi) is 4.54.